The molecule has 0 aromatic carbocycles. The van der Waals surface area contributed by atoms with Crippen molar-refractivity contribution in [2.45, 2.75) is 37.0 Å². The number of hydrogen-bond acceptors (Lipinski definition) is 3. The standard InChI is InChI=1S/C8H16O3S/c1-11-7-5-3-4-6-8(7)12(2,9)10/h7-8H,3-6H2,1-2H3/t7-,8+/m1/s1. The van der Waals surface area contributed by atoms with Crippen molar-refractivity contribution in [3.63, 3.8) is 0 Å². The van der Waals surface area contributed by atoms with Crippen molar-refractivity contribution in [3.8, 4) is 0 Å². The average molecular weight is 192 g/mol. The highest BCUT2D eigenvalue weighted by molar-refractivity contribution is 7.91. The summed E-state index contributed by atoms with van der Waals surface area (Å²) in [6.07, 6.45) is 4.97. The molecule has 4 heteroatoms. The van der Waals surface area contributed by atoms with Gasteiger partial charge in [-0.05, 0) is 12.8 Å². The van der Waals surface area contributed by atoms with E-state index in [-0.39, 0.29) is 11.4 Å². The molecule has 0 aromatic rings. The van der Waals surface area contributed by atoms with Gasteiger partial charge in [0.2, 0.25) is 0 Å². The molecule has 1 fully saturated rings. The fraction of sp³-hybridized carbons (Fsp3) is 1.00. The van der Waals surface area contributed by atoms with Gasteiger partial charge in [0.05, 0.1) is 11.4 Å². The van der Waals surface area contributed by atoms with E-state index >= 15 is 0 Å². The molecule has 1 saturated carbocycles. The van der Waals surface area contributed by atoms with Gasteiger partial charge in [-0.1, -0.05) is 12.8 Å². The molecule has 0 unspecified atom stereocenters. The van der Waals surface area contributed by atoms with Crippen LogP contribution in [0.2, 0.25) is 0 Å². The lowest BCUT2D eigenvalue weighted by Gasteiger charge is -2.28. The fourth-order valence-corrected chi connectivity index (χ4v) is 3.22. The van der Waals surface area contributed by atoms with Crippen molar-refractivity contribution in [1.82, 2.24) is 0 Å². The number of hydrogen-bond donors (Lipinski definition) is 0. The smallest absolute Gasteiger partial charge is 0.152 e. The number of ether oxygens (including phenoxy) is 1. The first-order valence-corrected chi connectivity index (χ1v) is 6.23. The minimum absolute atomic E-state index is 0.0752. The maximum absolute atomic E-state index is 11.3. The minimum Gasteiger partial charge on any atom is -0.380 e. The Morgan fingerprint density at radius 2 is 1.83 bits per heavy atom. The van der Waals surface area contributed by atoms with Crippen LogP contribution >= 0.6 is 0 Å². The quantitative estimate of drug-likeness (QED) is 0.655. The molecule has 72 valence electrons. The Balaban J connectivity index is 2.72. The maximum Gasteiger partial charge on any atom is 0.152 e. The zero-order valence-corrected chi connectivity index (χ0v) is 8.43. The van der Waals surface area contributed by atoms with Gasteiger partial charge in [0, 0.05) is 13.4 Å². The molecule has 0 N–H and O–H groups in total. The van der Waals surface area contributed by atoms with E-state index in [0.717, 1.165) is 25.7 Å². The summed E-state index contributed by atoms with van der Waals surface area (Å²) in [6, 6.07) is 0. The predicted molar refractivity (Wildman–Crippen MR) is 47.9 cm³/mol. The van der Waals surface area contributed by atoms with Crippen LogP contribution < -0.4 is 0 Å². The Morgan fingerprint density at radius 1 is 1.25 bits per heavy atom. The topological polar surface area (TPSA) is 43.4 Å². The molecule has 1 aliphatic carbocycles. The predicted octanol–water partition coefficient (Wildman–Crippen LogP) is 0.989. The Hall–Kier alpha value is -0.0900. The molecule has 0 heterocycles. The van der Waals surface area contributed by atoms with Gasteiger partial charge in [-0.15, -0.1) is 0 Å². The summed E-state index contributed by atoms with van der Waals surface area (Å²) in [5.74, 6) is 0. The second kappa shape index (κ2) is 3.75. The Kier molecular flexibility index (Phi) is 3.12. The molecular formula is C8H16O3S. The van der Waals surface area contributed by atoms with Crippen molar-refractivity contribution < 1.29 is 13.2 Å². The third-order valence-electron chi connectivity index (χ3n) is 2.49. The van der Waals surface area contributed by atoms with Crippen LogP contribution in [0.1, 0.15) is 25.7 Å². The third-order valence-corrected chi connectivity index (χ3v) is 4.13. The highest BCUT2D eigenvalue weighted by Crippen LogP contribution is 2.25. The zero-order valence-electron chi connectivity index (χ0n) is 7.62. The first kappa shape index (κ1) is 9.99. The summed E-state index contributed by atoms with van der Waals surface area (Å²) in [6.45, 7) is 0. The molecule has 0 spiro atoms. The number of methoxy groups -OCH3 is 1. The molecule has 0 radical (unpaired) electrons. The molecule has 1 rings (SSSR count). The summed E-state index contributed by atoms with van der Waals surface area (Å²) in [5.41, 5.74) is 0. The molecule has 3 nitrogen and oxygen atoms in total. The van der Waals surface area contributed by atoms with Crippen molar-refractivity contribution >= 4 is 9.84 Å². The van der Waals surface area contributed by atoms with E-state index < -0.39 is 9.84 Å². The first-order chi connectivity index (χ1) is 5.55. The third kappa shape index (κ3) is 2.20. The summed E-state index contributed by atoms with van der Waals surface area (Å²) in [5, 5.41) is -0.267. The Morgan fingerprint density at radius 3 is 2.25 bits per heavy atom. The van der Waals surface area contributed by atoms with Crippen LogP contribution in [0, 0.1) is 0 Å². The van der Waals surface area contributed by atoms with Crippen LogP contribution in [0.3, 0.4) is 0 Å². The Labute approximate surface area is 74.0 Å². The molecule has 0 saturated heterocycles. The number of rotatable bonds is 2. The van der Waals surface area contributed by atoms with Crippen molar-refractivity contribution in [2.75, 3.05) is 13.4 Å². The molecule has 0 aliphatic heterocycles. The average Bonchev–Trinajstić information content (AvgIpc) is 2.03. The van der Waals surface area contributed by atoms with Crippen LogP contribution in [-0.4, -0.2) is 33.1 Å². The largest absolute Gasteiger partial charge is 0.380 e. The zero-order chi connectivity index (χ0) is 9.19. The molecular weight excluding hydrogens is 176 g/mol. The van der Waals surface area contributed by atoms with Gasteiger partial charge >= 0.3 is 0 Å². The lowest BCUT2D eigenvalue weighted by atomic mass is 9.97. The minimum atomic E-state index is -2.91. The summed E-state index contributed by atoms with van der Waals surface area (Å²) in [7, 11) is -1.32. The molecule has 0 amide bonds. The SMILES string of the molecule is CO[C@@H]1CCCC[C@@H]1S(C)(=O)=O. The van der Waals surface area contributed by atoms with Crippen molar-refractivity contribution in [3.05, 3.63) is 0 Å². The van der Waals surface area contributed by atoms with Gasteiger partial charge < -0.3 is 4.74 Å². The lowest BCUT2D eigenvalue weighted by Crippen LogP contribution is -2.37. The molecule has 0 bridgehead atoms. The summed E-state index contributed by atoms with van der Waals surface area (Å²) >= 11 is 0. The van der Waals surface area contributed by atoms with Gasteiger partial charge in [0.15, 0.2) is 9.84 Å². The van der Waals surface area contributed by atoms with E-state index in [9.17, 15) is 8.42 Å². The van der Waals surface area contributed by atoms with E-state index in [0.29, 0.717) is 0 Å². The van der Waals surface area contributed by atoms with E-state index in [1.807, 2.05) is 0 Å². The monoisotopic (exact) mass is 192 g/mol. The van der Waals surface area contributed by atoms with Crippen LogP contribution in [0.4, 0.5) is 0 Å². The molecule has 2 atom stereocenters. The normalized spacial score (nSPS) is 31.8. The first-order valence-electron chi connectivity index (χ1n) is 4.27. The van der Waals surface area contributed by atoms with E-state index in [4.69, 9.17) is 4.74 Å². The highest BCUT2D eigenvalue weighted by Gasteiger charge is 2.32. The second-order valence-corrected chi connectivity index (χ2v) is 5.69. The molecule has 12 heavy (non-hydrogen) atoms. The fourth-order valence-electron chi connectivity index (χ4n) is 1.82. The van der Waals surface area contributed by atoms with E-state index in [2.05, 4.69) is 0 Å². The maximum atomic E-state index is 11.3. The van der Waals surface area contributed by atoms with Crippen molar-refractivity contribution in [2.24, 2.45) is 0 Å². The van der Waals surface area contributed by atoms with Crippen molar-refractivity contribution in [1.29, 1.82) is 0 Å². The van der Waals surface area contributed by atoms with Gasteiger partial charge in [-0.2, -0.15) is 0 Å². The van der Waals surface area contributed by atoms with Crippen LogP contribution in [0.5, 0.6) is 0 Å². The van der Waals surface area contributed by atoms with Gasteiger partial charge in [0.25, 0.3) is 0 Å². The van der Waals surface area contributed by atoms with Gasteiger partial charge in [0.1, 0.15) is 0 Å². The molecule has 1 aliphatic rings. The number of sulfone groups is 1. The summed E-state index contributed by atoms with van der Waals surface area (Å²) in [4.78, 5) is 0. The second-order valence-electron chi connectivity index (χ2n) is 3.43. The molecule has 0 aromatic heterocycles. The Bertz CT molecular complexity index is 233. The lowest BCUT2D eigenvalue weighted by molar-refractivity contribution is 0.0739. The van der Waals surface area contributed by atoms with Crippen LogP contribution in [0.15, 0.2) is 0 Å². The van der Waals surface area contributed by atoms with E-state index in [1.54, 1.807) is 7.11 Å². The van der Waals surface area contributed by atoms with Gasteiger partial charge in [-0.25, -0.2) is 8.42 Å². The van der Waals surface area contributed by atoms with E-state index in [1.165, 1.54) is 6.26 Å². The van der Waals surface area contributed by atoms with Crippen LogP contribution in [0.25, 0.3) is 0 Å². The van der Waals surface area contributed by atoms with Crippen LogP contribution in [-0.2, 0) is 14.6 Å². The van der Waals surface area contributed by atoms with Gasteiger partial charge in [-0.3, -0.25) is 0 Å². The summed E-state index contributed by atoms with van der Waals surface area (Å²) < 4.78 is 27.7. The highest BCUT2D eigenvalue weighted by atomic mass is 32.2.